The van der Waals surface area contributed by atoms with E-state index in [2.05, 4.69) is 10.6 Å². The first-order valence-corrected chi connectivity index (χ1v) is 9.91. The molecule has 28 heavy (non-hydrogen) atoms. The molecule has 3 rings (SSSR count). The van der Waals surface area contributed by atoms with Crippen molar-refractivity contribution in [2.45, 2.75) is 13.8 Å². The number of hydrogen-bond donors (Lipinski definition) is 2. The number of esters is 1. The maximum Gasteiger partial charge on any atom is 0.341 e. The molecule has 0 saturated carbocycles. The molecule has 2 N–H and O–H groups in total. The van der Waals surface area contributed by atoms with Crippen LogP contribution in [-0.4, -0.2) is 17.7 Å². The minimum atomic E-state index is -0.405. The lowest BCUT2D eigenvalue weighted by molar-refractivity contribution is 0.0529. The number of nitrogens with one attached hydrogen (secondary N) is 2. The van der Waals surface area contributed by atoms with E-state index < -0.39 is 5.97 Å². The fourth-order valence-electron chi connectivity index (χ4n) is 2.78. The van der Waals surface area contributed by atoms with E-state index >= 15 is 0 Å². The Hall–Kier alpha value is -2.77. The molecule has 0 fully saturated rings. The summed E-state index contributed by atoms with van der Waals surface area (Å²) >= 11 is 6.80. The number of benzene rings is 2. The highest BCUT2D eigenvalue weighted by molar-refractivity contribution is 7.80. The number of hydrogen-bond acceptors (Lipinski definition) is 4. The predicted octanol–water partition coefficient (Wildman–Crippen LogP) is 5.85. The van der Waals surface area contributed by atoms with Gasteiger partial charge in [-0.3, -0.25) is 0 Å². The number of thiophene rings is 1. The molecule has 1 aromatic heterocycles. The van der Waals surface area contributed by atoms with E-state index in [4.69, 9.17) is 17.0 Å². The van der Waals surface area contributed by atoms with Crippen molar-refractivity contribution in [1.82, 2.24) is 0 Å². The molecule has 0 unspecified atom stereocenters. The normalized spacial score (nSPS) is 10.4. The molecule has 144 valence electrons. The maximum absolute atomic E-state index is 13.1. The zero-order valence-electron chi connectivity index (χ0n) is 15.4. The number of anilines is 2. The molecule has 0 saturated heterocycles. The zero-order valence-corrected chi connectivity index (χ0v) is 17.0. The third-order valence-corrected chi connectivity index (χ3v) is 5.18. The van der Waals surface area contributed by atoms with Gasteiger partial charge in [-0.15, -0.1) is 11.3 Å². The van der Waals surface area contributed by atoms with Crippen molar-refractivity contribution in [2.75, 3.05) is 17.2 Å². The van der Waals surface area contributed by atoms with E-state index in [0.717, 1.165) is 16.0 Å². The molecular formula is C21H19FN2O2S2. The van der Waals surface area contributed by atoms with E-state index in [1.165, 1.54) is 23.5 Å². The lowest BCUT2D eigenvalue weighted by atomic mass is 10.0. The highest BCUT2D eigenvalue weighted by Gasteiger charge is 2.24. The summed E-state index contributed by atoms with van der Waals surface area (Å²) in [6, 6.07) is 15.6. The van der Waals surface area contributed by atoms with Crippen LogP contribution in [0.5, 0.6) is 0 Å². The summed E-state index contributed by atoms with van der Waals surface area (Å²) < 4.78 is 18.3. The Labute approximate surface area is 172 Å². The summed E-state index contributed by atoms with van der Waals surface area (Å²) in [4.78, 5) is 13.7. The molecule has 0 atom stereocenters. The van der Waals surface area contributed by atoms with Gasteiger partial charge in [0.15, 0.2) is 5.11 Å². The summed E-state index contributed by atoms with van der Waals surface area (Å²) in [6.45, 7) is 4.00. The van der Waals surface area contributed by atoms with Gasteiger partial charge in [-0.1, -0.05) is 30.3 Å². The second kappa shape index (κ2) is 8.95. The maximum atomic E-state index is 13.1. The van der Waals surface area contributed by atoms with Crippen LogP contribution in [0.2, 0.25) is 0 Å². The molecule has 0 aliphatic heterocycles. The molecule has 0 aliphatic carbocycles. The van der Waals surface area contributed by atoms with Gasteiger partial charge in [-0.2, -0.15) is 0 Å². The number of carbonyl (C=O) groups is 1. The molecule has 4 nitrogen and oxygen atoms in total. The molecule has 0 bridgehead atoms. The third kappa shape index (κ3) is 4.55. The lowest BCUT2D eigenvalue weighted by Gasteiger charge is -2.12. The molecule has 0 amide bonds. The first-order chi connectivity index (χ1) is 13.5. The Morgan fingerprint density at radius 3 is 2.43 bits per heavy atom. The van der Waals surface area contributed by atoms with Gasteiger partial charge in [0, 0.05) is 16.1 Å². The largest absolute Gasteiger partial charge is 0.462 e. The van der Waals surface area contributed by atoms with E-state index in [0.29, 0.717) is 21.4 Å². The molecule has 0 radical (unpaired) electrons. The van der Waals surface area contributed by atoms with Gasteiger partial charge in [0.25, 0.3) is 0 Å². The van der Waals surface area contributed by atoms with E-state index in [-0.39, 0.29) is 12.4 Å². The van der Waals surface area contributed by atoms with Crippen molar-refractivity contribution in [1.29, 1.82) is 0 Å². The molecule has 2 aromatic carbocycles. The van der Waals surface area contributed by atoms with Crippen LogP contribution in [0.25, 0.3) is 11.1 Å². The number of aryl methyl sites for hydroxylation is 1. The van der Waals surface area contributed by atoms with Crippen molar-refractivity contribution >= 4 is 45.3 Å². The summed E-state index contributed by atoms with van der Waals surface area (Å²) in [5.41, 5.74) is 2.87. The monoisotopic (exact) mass is 414 g/mol. The Morgan fingerprint density at radius 1 is 1.11 bits per heavy atom. The van der Waals surface area contributed by atoms with Crippen LogP contribution in [0.4, 0.5) is 15.1 Å². The molecule has 1 heterocycles. The predicted molar refractivity (Wildman–Crippen MR) is 117 cm³/mol. The molecule has 0 spiro atoms. The standard InChI is InChI=1S/C21H19FN2O2S2/c1-3-26-20(25)18-17(14-7-5-4-6-8-14)13(2)28-19(18)24-21(27)23-16-11-9-15(22)10-12-16/h4-12H,3H2,1-2H3,(H2,23,24,27). The van der Waals surface area contributed by atoms with Crippen molar-refractivity contribution in [3.63, 3.8) is 0 Å². The van der Waals surface area contributed by atoms with Crippen LogP contribution in [0.1, 0.15) is 22.2 Å². The average molecular weight is 415 g/mol. The van der Waals surface area contributed by atoms with E-state index in [9.17, 15) is 9.18 Å². The van der Waals surface area contributed by atoms with Gasteiger partial charge < -0.3 is 15.4 Å². The highest BCUT2D eigenvalue weighted by atomic mass is 32.1. The molecule has 7 heteroatoms. The SMILES string of the molecule is CCOC(=O)c1c(NC(=S)Nc2ccc(F)cc2)sc(C)c1-c1ccccc1. The summed E-state index contributed by atoms with van der Waals surface area (Å²) in [5.74, 6) is -0.729. The number of halogens is 1. The fraction of sp³-hybridized carbons (Fsp3) is 0.143. The van der Waals surface area contributed by atoms with Gasteiger partial charge in [-0.05, 0) is 55.9 Å². The van der Waals surface area contributed by atoms with Gasteiger partial charge >= 0.3 is 5.97 Å². The van der Waals surface area contributed by atoms with Crippen LogP contribution >= 0.6 is 23.6 Å². The van der Waals surface area contributed by atoms with Gasteiger partial charge in [0.2, 0.25) is 0 Å². The Morgan fingerprint density at radius 2 is 1.79 bits per heavy atom. The van der Waals surface area contributed by atoms with Gasteiger partial charge in [-0.25, -0.2) is 9.18 Å². The van der Waals surface area contributed by atoms with E-state index in [1.807, 2.05) is 37.3 Å². The second-order valence-corrected chi connectivity index (χ2v) is 7.54. The number of rotatable bonds is 5. The third-order valence-electron chi connectivity index (χ3n) is 3.96. The van der Waals surface area contributed by atoms with Crippen molar-refractivity contribution in [3.05, 3.63) is 70.9 Å². The Kier molecular flexibility index (Phi) is 6.38. The van der Waals surface area contributed by atoms with Crippen molar-refractivity contribution in [2.24, 2.45) is 0 Å². The summed E-state index contributed by atoms with van der Waals surface area (Å²) in [7, 11) is 0. The minimum absolute atomic E-state index is 0.277. The summed E-state index contributed by atoms with van der Waals surface area (Å²) in [5, 5.41) is 6.99. The van der Waals surface area contributed by atoms with Gasteiger partial charge in [0.05, 0.1) is 6.61 Å². The molecule has 0 aliphatic rings. The topological polar surface area (TPSA) is 50.4 Å². The fourth-order valence-corrected chi connectivity index (χ4v) is 4.14. The van der Waals surface area contributed by atoms with Crippen LogP contribution < -0.4 is 10.6 Å². The molecule has 3 aromatic rings. The molecular weight excluding hydrogens is 395 g/mol. The highest BCUT2D eigenvalue weighted by Crippen LogP contribution is 2.40. The number of ether oxygens (including phenoxy) is 1. The van der Waals surface area contributed by atoms with Crippen LogP contribution in [0.3, 0.4) is 0 Å². The number of thiocarbonyl (C=S) groups is 1. The summed E-state index contributed by atoms with van der Waals surface area (Å²) in [6.07, 6.45) is 0. The number of carbonyl (C=O) groups excluding carboxylic acids is 1. The van der Waals surface area contributed by atoms with Crippen molar-refractivity contribution < 1.29 is 13.9 Å². The lowest BCUT2D eigenvalue weighted by Crippen LogP contribution is -2.20. The van der Waals surface area contributed by atoms with E-state index in [1.54, 1.807) is 19.1 Å². The van der Waals surface area contributed by atoms with Crippen molar-refractivity contribution in [3.8, 4) is 11.1 Å². The first kappa shape index (κ1) is 20.0. The van der Waals surface area contributed by atoms with Gasteiger partial charge in [0.1, 0.15) is 16.4 Å². The zero-order chi connectivity index (χ0) is 20.1. The average Bonchev–Trinajstić information content (AvgIpc) is 3.00. The Bertz CT molecular complexity index is 986. The smallest absolute Gasteiger partial charge is 0.341 e. The quantitative estimate of drug-likeness (QED) is 0.405. The first-order valence-electron chi connectivity index (χ1n) is 8.69. The van der Waals surface area contributed by atoms with Crippen LogP contribution in [0, 0.1) is 12.7 Å². The van der Waals surface area contributed by atoms with Crippen LogP contribution in [0.15, 0.2) is 54.6 Å². The minimum Gasteiger partial charge on any atom is -0.462 e. The van der Waals surface area contributed by atoms with Crippen LogP contribution in [-0.2, 0) is 4.74 Å². The second-order valence-electron chi connectivity index (χ2n) is 5.91. The Balaban J connectivity index is 1.92.